The number of carbonyl (C=O) groups is 2. The second-order valence-corrected chi connectivity index (χ2v) is 6.67. The lowest BCUT2D eigenvalue weighted by molar-refractivity contribution is -0.129. The predicted molar refractivity (Wildman–Crippen MR) is 110 cm³/mol. The van der Waals surface area contributed by atoms with Crippen molar-refractivity contribution in [3.63, 3.8) is 0 Å². The van der Waals surface area contributed by atoms with Crippen LogP contribution in [-0.2, 0) is 9.53 Å². The molecule has 5 nitrogen and oxygen atoms in total. The third kappa shape index (κ3) is 4.33. The Labute approximate surface area is 172 Å². The molecule has 4 rings (SSSR count). The summed E-state index contributed by atoms with van der Waals surface area (Å²) in [5, 5.41) is 0. The van der Waals surface area contributed by atoms with Crippen molar-refractivity contribution in [2.45, 2.75) is 6.92 Å². The second kappa shape index (κ2) is 8.13. The van der Waals surface area contributed by atoms with Gasteiger partial charge in [-0.3, -0.25) is 0 Å². The summed E-state index contributed by atoms with van der Waals surface area (Å²) in [6, 6.07) is 19.3. The molecule has 0 N–H and O–H groups in total. The fourth-order valence-electron chi connectivity index (χ4n) is 2.84. The molecule has 3 aromatic rings. The zero-order valence-electron chi connectivity index (χ0n) is 16.0. The van der Waals surface area contributed by atoms with Crippen molar-refractivity contribution in [2.75, 3.05) is 0 Å². The van der Waals surface area contributed by atoms with Crippen LogP contribution in [0.3, 0.4) is 0 Å². The van der Waals surface area contributed by atoms with Gasteiger partial charge in [-0.2, -0.15) is 0 Å². The molecule has 0 bridgehead atoms. The first-order valence-electron chi connectivity index (χ1n) is 9.15. The highest BCUT2D eigenvalue weighted by atomic mass is 19.1. The normalized spacial score (nSPS) is 14.4. The molecular formula is C24H16FNO4. The Hall–Kier alpha value is -4.06. The van der Waals surface area contributed by atoms with Gasteiger partial charge < -0.3 is 9.47 Å². The molecule has 0 unspecified atom stereocenters. The second-order valence-electron chi connectivity index (χ2n) is 6.67. The molecular weight excluding hydrogens is 385 g/mol. The maximum Gasteiger partial charge on any atom is 0.363 e. The van der Waals surface area contributed by atoms with Crippen LogP contribution >= 0.6 is 0 Å². The first kappa shape index (κ1) is 19.3. The van der Waals surface area contributed by atoms with Crippen molar-refractivity contribution in [1.29, 1.82) is 0 Å². The average Bonchev–Trinajstić information content (AvgIpc) is 3.09. The highest BCUT2D eigenvalue weighted by Gasteiger charge is 2.24. The van der Waals surface area contributed by atoms with Crippen LogP contribution in [0.5, 0.6) is 5.75 Å². The van der Waals surface area contributed by atoms with Gasteiger partial charge in [0.25, 0.3) is 0 Å². The van der Waals surface area contributed by atoms with Crippen LogP contribution in [-0.4, -0.2) is 17.8 Å². The summed E-state index contributed by atoms with van der Waals surface area (Å²) in [6.07, 6.45) is 1.54. The molecule has 1 heterocycles. The first-order chi connectivity index (χ1) is 14.5. The van der Waals surface area contributed by atoms with E-state index in [9.17, 15) is 14.0 Å². The third-order valence-electron chi connectivity index (χ3n) is 4.35. The van der Waals surface area contributed by atoms with Gasteiger partial charge in [-0.25, -0.2) is 19.0 Å². The number of esters is 2. The fourth-order valence-corrected chi connectivity index (χ4v) is 2.84. The summed E-state index contributed by atoms with van der Waals surface area (Å²) in [7, 11) is 0. The molecule has 148 valence electrons. The fraction of sp³-hybridized carbons (Fsp3) is 0.0417. The van der Waals surface area contributed by atoms with E-state index in [-0.39, 0.29) is 22.9 Å². The van der Waals surface area contributed by atoms with E-state index in [0.717, 1.165) is 11.6 Å². The van der Waals surface area contributed by atoms with E-state index in [1.54, 1.807) is 30.3 Å². The van der Waals surface area contributed by atoms with Crippen molar-refractivity contribution in [2.24, 2.45) is 4.99 Å². The van der Waals surface area contributed by atoms with E-state index in [2.05, 4.69) is 4.99 Å². The topological polar surface area (TPSA) is 65.0 Å². The van der Waals surface area contributed by atoms with Gasteiger partial charge in [-0.1, -0.05) is 35.9 Å². The van der Waals surface area contributed by atoms with Crippen LogP contribution in [0.1, 0.15) is 27.0 Å². The Morgan fingerprint density at radius 1 is 1.03 bits per heavy atom. The highest BCUT2D eigenvalue weighted by molar-refractivity contribution is 6.12. The average molecular weight is 401 g/mol. The Balaban J connectivity index is 1.55. The number of hydrogen-bond donors (Lipinski definition) is 0. The van der Waals surface area contributed by atoms with Gasteiger partial charge in [0.2, 0.25) is 5.90 Å². The number of nitrogens with zero attached hydrogens (tertiary/aromatic N) is 1. The molecule has 0 aliphatic carbocycles. The molecule has 30 heavy (non-hydrogen) atoms. The Bertz CT molecular complexity index is 1200. The SMILES string of the molecule is Cc1ccc(C2=NC(=Cc3cccc(OC(=O)c4cccc(F)c4)c3)C(=O)O2)cc1. The predicted octanol–water partition coefficient (Wildman–Crippen LogP) is 4.70. The van der Waals surface area contributed by atoms with Gasteiger partial charge in [-0.05, 0) is 61.0 Å². The van der Waals surface area contributed by atoms with Gasteiger partial charge in [-0.15, -0.1) is 0 Å². The van der Waals surface area contributed by atoms with Crippen molar-refractivity contribution >= 4 is 23.9 Å². The van der Waals surface area contributed by atoms with Crippen LogP contribution in [0, 0.1) is 12.7 Å². The first-order valence-corrected chi connectivity index (χ1v) is 9.15. The molecule has 1 aliphatic rings. The maximum absolute atomic E-state index is 13.3. The van der Waals surface area contributed by atoms with Crippen molar-refractivity contribution in [1.82, 2.24) is 0 Å². The van der Waals surface area contributed by atoms with E-state index in [0.29, 0.717) is 11.1 Å². The number of aryl methyl sites for hydroxylation is 1. The molecule has 0 fully saturated rings. The summed E-state index contributed by atoms with van der Waals surface area (Å²) >= 11 is 0. The Morgan fingerprint density at radius 2 is 1.80 bits per heavy atom. The lowest BCUT2D eigenvalue weighted by Gasteiger charge is -2.05. The minimum Gasteiger partial charge on any atom is -0.423 e. The van der Waals surface area contributed by atoms with Crippen LogP contribution in [0.2, 0.25) is 0 Å². The smallest absolute Gasteiger partial charge is 0.363 e. The zero-order valence-corrected chi connectivity index (χ0v) is 16.0. The zero-order chi connectivity index (χ0) is 21.1. The molecule has 0 aromatic heterocycles. The van der Waals surface area contributed by atoms with E-state index in [4.69, 9.17) is 9.47 Å². The standard InChI is InChI=1S/C24H16FNO4/c1-15-8-10-17(11-9-15)22-26-21(24(28)30-22)13-16-4-2-7-20(12-16)29-23(27)18-5-3-6-19(25)14-18/h2-14H,1H3. The number of carbonyl (C=O) groups excluding carboxylic acids is 2. The number of benzene rings is 3. The number of ether oxygens (including phenoxy) is 2. The molecule has 0 saturated heterocycles. The molecule has 0 amide bonds. The van der Waals surface area contributed by atoms with Gasteiger partial charge in [0, 0.05) is 5.56 Å². The number of hydrogen-bond acceptors (Lipinski definition) is 5. The molecule has 1 aliphatic heterocycles. The monoisotopic (exact) mass is 401 g/mol. The van der Waals surface area contributed by atoms with Crippen LogP contribution < -0.4 is 4.74 Å². The minimum atomic E-state index is -0.681. The third-order valence-corrected chi connectivity index (χ3v) is 4.35. The summed E-state index contributed by atoms with van der Waals surface area (Å²) in [6.45, 7) is 1.96. The van der Waals surface area contributed by atoms with E-state index in [1.807, 2.05) is 31.2 Å². The van der Waals surface area contributed by atoms with Gasteiger partial charge in [0.05, 0.1) is 5.56 Å². The Morgan fingerprint density at radius 3 is 2.57 bits per heavy atom. The maximum atomic E-state index is 13.3. The molecule has 6 heteroatoms. The lowest BCUT2D eigenvalue weighted by atomic mass is 10.1. The van der Waals surface area contributed by atoms with E-state index < -0.39 is 17.8 Å². The Kier molecular flexibility index (Phi) is 5.22. The summed E-state index contributed by atoms with van der Waals surface area (Å²) in [4.78, 5) is 28.6. The quantitative estimate of drug-likeness (QED) is 0.361. The molecule has 0 spiro atoms. The number of cyclic esters (lactones) is 1. The van der Waals surface area contributed by atoms with Crippen molar-refractivity contribution in [3.05, 3.63) is 107 Å². The van der Waals surface area contributed by atoms with Crippen molar-refractivity contribution < 1.29 is 23.5 Å². The van der Waals surface area contributed by atoms with Gasteiger partial charge in [0.15, 0.2) is 5.70 Å². The molecule has 3 aromatic carbocycles. The minimum absolute atomic E-state index is 0.102. The molecule has 0 radical (unpaired) electrons. The number of rotatable bonds is 4. The van der Waals surface area contributed by atoms with Crippen molar-refractivity contribution in [3.8, 4) is 5.75 Å². The van der Waals surface area contributed by atoms with Gasteiger partial charge >= 0.3 is 11.9 Å². The summed E-state index contributed by atoms with van der Waals surface area (Å²) in [5.74, 6) is -1.27. The van der Waals surface area contributed by atoms with Crippen LogP contribution in [0.15, 0.2) is 83.5 Å². The van der Waals surface area contributed by atoms with Crippen LogP contribution in [0.25, 0.3) is 6.08 Å². The van der Waals surface area contributed by atoms with Crippen LogP contribution in [0.4, 0.5) is 4.39 Å². The molecule has 0 atom stereocenters. The van der Waals surface area contributed by atoms with Gasteiger partial charge in [0.1, 0.15) is 11.6 Å². The summed E-state index contributed by atoms with van der Waals surface area (Å²) < 4.78 is 23.9. The van der Waals surface area contributed by atoms with E-state index in [1.165, 1.54) is 18.2 Å². The highest BCUT2D eigenvalue weighted by Crippen LogP contribution is 2.22. The molecule has 0 saturated carbocycles. The number of halogens is 1. The summed E-state index contributed by atoms with van der Waals surface area (Å²) in [5.41, 5.74) is 2.63. The lowest BCUT2D eigenvalue weighted by Crippen LogP contribution is -2.08. The number of aliphatic imine (C=N–C) groups is 1. The van der Waals surface area contributed by atoms with E-state index >= 15 is 0 Å². The largest absolute Gasteiger partial charge is 0.423 e.